The predicted molar refractivity (Wildman–Crippen MR) is 157 cm³/mol. The minimum absolute atomic E-state index is 0.0238. The number of nitrogens with two attached hydrogens (primary N) is 1. The van der Waals surface area contributed by atoms with E-state index >= 15 is 0 Å². The van der Waals surface area contributed by atoms with Crippen LogP contribution in [-0.4, -0.2) is 44.7 Å². The van der Waals surface area contributed by atoms with Gasteiger partial charge in [-0.1, -0.05) is 24.1 Å². The molecule has 0 radical (unpaired) electrons. The van der Waals surface area contributed by atoms with Crippen LogP contribution in [0.15, 0.2) is 48.7 Å². The van der Waals surface area contributed by atoms with Crippen molar-refractivity contribution in [2.24, 2.45) is 11.7 Å². The first-order chi connectivity index (χ1) is 20.6. The molecule has 1 unspecified atom stereocenters. The molecule has 2 atom stereocenters. The lowest BCUT2D eigenvalue weighted by Crippen LogP contribution is -2.49. The van der Waals surface area contributed by atoms with E-state index in [1.807, 2.05) is 6.07 Å². The first-order valence-corrected chi connectivity index (χ1v) is 14.9. The molecular formula is C32H31ClFN5O4. The number of halogens is 2. The molecule has 4 N–H and O–H groups in total. The number of hydrogen-bond donors (Lipinski definition) is 3. The summed E-state index contributed by atoms with van der Waals surface area (Å²) in [6.45, 7) is 1.52. The SMILES string of the molecule is C[C@]1(C(N)=O)COc2c1cc(C(O)(CNC(=O)c1ccn3nc(C4CC4)cc3c1)C1CCC1)nc2-c1ccc(Cl)c(F)c1. The summed E-state index contributed by atoms with van der Waals surface area (Å²) in [6.07, 6.45) is 6.40. The van der Waals surface area contributed by atoms with Crippen molar-refractivity contribution in [1.82, 2.24) is 19.9 Å². The number of rotatable bonds is 8. The topological polar surface area (TPSA) is 132 Å². The van der Waals surface area contributed by atoms with Crippen molar-refractivity contribution < 1.29 is 23.8 Å². The molecule has 2 fully saturated rings. The lowest BCUT2D eigenvalue weighted by atomic mass is 9.70. The monoisotopic (exact) mass is 603 g/mol. The number of primary amides is 1. The van der Waals surface area contributed by atoms with Crippen LogP contribution in [0, 0.1) is 11.7 Å². The molecule has 3 aliphatic rings. The molecule has 0 saturated heterocycles. The maximum Gasteiger partial charge on any atom is 0.251 e. The largest absolute Gasteiger partial charge is 0.489 e. The molecule has 4 aromatic rings. The summed E-state index contributed by atoms with van der Waals surface area (Å²) in [5, 5.41) is 19.8. The highest BCUT2D eigenvalue weighted by Crippen LogP contribution is 2.48. The summed E-state index contributed by atoms with van der Waals surface area (Å²) < 4.78 is 22.3. The molecule has 222 valence electrons. The van der Waals surface area contributed by atoms with Crippen molar-refractivity contribution in [2.75, 3.05) is 13.2 Å². The zero-order chi connectivity index (χ0) is 30.1. The van der Waals surface area contributed by atoms with Gasteiger partial charge in [-0.2, -0.15) is 5.10 Å². The van der Waals surface area contributed by atoms with Crippen molar-refractivity contribution >= 4 is 28.9 Å². The van der Waals surface area contributed by atoms with Crippen LogP contribution in [0.3, 0.4) is 0 Å². The molecule has 2 saturated carbocycles. The smallest absolute Gasteiger partial charge is 0.251 e. The first kappa shape index (κ1) is 27.8. The average Bonchev–Trinajstić information content (AvgIpc) is 3.63. The molecule has 1 aliphatic heterocycles. The van der Waals surface area contributed by atoms with E-state index in [1.54, 1.807) is 41.9 Å². The Labute approximate surface area is 252 Å². The van der Waals surface area contributed by atoms with Gasteiger partial charge in [0.15, 0.2) is 0 Å². The van der Waals surface area contributed by atoms with Crippen LogP contribution in [0.4, 0.5) is 4.39 Å². The molecule has 43 heavy (non-hydrogen) atoms. The Kier molecular flexibility index (Phi) is 6.48. The highest BCUT2D eigenvalue weighted by atomic mass is 35.5. The molecule has 11 heteroatoms. The number of amides is 2. The summed E-state index contributed by atoms with van der Waals surface area (Å²) in [4.78, 5) is 30.8. The van der Waals surface area contributed by atoms with Gasteiger partial charge in [-0.05, 0) is 74.9 Å². The van der Waals surface area contributed by atoms with Crippen molar-refractivity contribution in [1.29, 1.82) is 0 Å². The zero-order valence-electron chi connectivity index (χ0n) is 23.6. The van der Waals surface area contributed by atoms with E-state index in [0.717, 1.165) is 43.3 Å². The van der Waals surface area contributed by atoms with Gasteiger partial charge < -0.3 is 20.9 Å². The number of aliphatic hydroxyl groups is 1. The Morgan fingerprint density at radius 2 is 2.00 bits per heavy atom. The number of carbonyl (C=O) groups is 2. The summed E-state index contributed by atoms with van der Waals surface area (Å²) in [6, 6.07) is 11.4. The minimum Gasteiger partial charge on any atom is -0.489 e. The maximum absolute atomic E-state index is 14.6. The van der Waals surface area contributed by atoms with Crippen LogP contribution in [0.25, 0.3) is 16.8 Å². The molecular weight excluding hydrogens is 573 g/mol. The van der Waals surface area contributed by atoms with E-state index < -0.39 is 22.7 Å². The van der Waals surface area contributed by atoms with Crippen LogP contribution in [0.2, 0.25) is 5.02 Å². The maximum atomic E-state index is 14.6. The van der Waals surface area contributed by atoms with Crippen molar-refractivity contribution in [3.8, 4) is 17.0 Å². The number of hydrogen-bond acceptors (Lipinski definition) is 6. The highest BCUT2D eigenvalue weighted by molar-refractivity contribution is 6.30. The Morgan fingerprint density at radius 3 is 2.67 bits per heavy atom. The fraction of sp³-hybridized carbons (Fsp3) is 0.375. The lowest BCUT2D eigenvalue weighted by Gasteiger charge is -2.41. The molecule has 2 amide bonds. The van der Waals surface area contributed by atoms with Crippen LogP contribution < -0.4 is 15.8 Å². The molecule has 4 heterocycles. The minimum atomic E-state index is -1.58. The second-order valence-electron chi connectivity index (χ2n) is 12.2. The van der Waals surface area contributed by atoms with Gasteiger partial charge >= 0.3 is 0 Å². The molecule has 0 bridgehead atoms. The van der Waals surface area contributed by atoms with Crippen LogP contribution in [0.1, 0.15) is 72.3 Å². The van der Waals surface area contributed by atoms with E-state index in [-0.39, 0.29) is 41.4 Å². The molecule has 1 aromatic carbocycles. The van der Waals surface area contributed by atoms with Gasteiger partial charge in [0, 0.05) is 28.8 Å². The normalized spacial score (nSPS) is 21.1. The Bertz CT molecular complexity index is 1800. The first-order valence-electron chi connectivity index (χ1n) is 14.5. The Morgan fingerprint density at radius 1 is 1.21 bits per heavy atom. The van der Waals surface area contributed by atoms with E-state index in [9.17, 15) is 19.1 Å². The third-order valence-corrected chi connectivity index (χ3v) is 9.60. The van der Waals surface area contributed by atoms with Gasteiger partial charge in [-0.3, -0.25) is 9.59 Å². The second-order valence-corrected chi connectivity index (χ2v) is 12.6. The summed E-state index contributed by atoms with van der Waals surface area (Å²) in [5.41, 5.74) is 6.68. The quantitative estimate of drug-likeness (QED) is 0.269. The fourth-order valence-electron chi connectivity index (χ4n) is 6.03. The number of pyridine rings is 2. The number of fused-ring (bicyclic) bond motifs is 2. The van der Waals surface area contributed by atoms with Gasteiger partial charge in [-0.15, -0.1) is 0 Å². The molecule has 2 aliphatic carbocycles. The third-order valence-electron chi connectivity index (χ3n) is 9.29. The number of aromatic nitrogens is 3. The van der Waals surface area contributed by atoms with Gasteiger partial charge in [0.05, 0.1) is 28.5 Å². The van der Waals surface area contributed by atoms with E-state index in [0.29, 0.717) is 28.4 Å². The summed E-state index contributed by atoms with van der Waals surface area (Å²) in [7, 11) is 0. The van der Waals surface area contributed by atoms with Crippen molar-refractivity contribution in [3.05, 3.63) is 82.0 Å². The fourth-order valence-corrected chi connectivity index (χ4v) is 6.15. The third kappa shape index (κ3) is 4.64. The second kappa shape index (κ2) is 10.0. The van der Waals surface area contributed by atoms with Crippen LogP contribution in [-0.2, 0) is 15.8 Å². The number of nitrogens with one attached hydrogen (secondary N) is 1. The van der Waals surface area contributed by atoms with E-state index in [1.165, 1.54) is 12.1 Å². The highest BCUT2D eigenvalue weighted by Gasteiger charge is 2.48. The standard InChI is InChI=1S/C32H31ClFN5O4/c1-31(30(35)41)16-43-28-22(31)14-26(37-27(28)18-7-8-23(33)24(34)12-18)32(42,20-3-2-4-20)15-36-29(40)19-9-10-39-21(11-19)13-25(38-39)17-5-6-17/h7-14,17,20,42H,2-6,15-16H2,1H3,(H2,35,41)(H,36,40)/t31-,32?/m0/s1. The lowest BCUT2D eigenvalue weighted by molar-refractivity contribution is -0.123. The Balaban J connectivity index is 1.26. The Hall–Kier alpha value is -4.02. The average molecular weight is 604 g/mol. The van der Waals surface area contributed by atoms with E-state index in [2.05, 4.69) is 10.4 Å². The molecule has 3 aromatic heterocycles. The van der Waals surface area contributed by atoms with E-state index in [4.69, 9.17) is 27.1 Å². The van der Waals surface area contributed by atoms with Crippen molar-refractivity contribution in [3.63, 3.8) is 0 Å². The number of nitrogens with zero attached hydrogens (tertiary/aromatic N) is 3. The van der Waals surface area contributed by atoms with Crippen LogP contribution in [0.5, 0.6) is 5.75 Å². The van der Waals surface area contributed by atoms with Gasteiger partial charge in [0.25, 0.3) is 5.91 Å². The molecule has 0 spiro atoms. The van der Waals surface area contributed by atoms with Gasteiger partial charge in [0.2, 0.25) is 5.91 Å². The number of ether oxygens (including phenoxy) is 1. The van der Waals surface area contributed by atoms with Crippen LogP contribution >= 0.6 is 11.6 Å². The molecule has 7 rings (SSSR count). The zero-order valence-corrected chi connectivity index (χ0v) is 24.3. The summed E-state index contributed by atoms with van der Waals surface area (Å²) in [5.74, 6) is -1.000. The predicted octanol–water partition coefficient (Wildman–Crippen LogP) is 4.62. The molecule has 9 nitrogen and oxygen atoms in total. The number of benzene rings is 1. The van der Waals surface area contributed by atoms with Gasteiger partial charge in [0.1, 0.15) is 34.9 Å². The van der Waals surface area contributed by atoms with Gasteiger partial charge in [-0.25, -0.2) is 13.9 Å². The number of carbonyl (C=O) groups excluding carboxylic acids is 2. The van der Waals surface area contributed by atoms with Crippen molar-refractivity contribution in [2.45, 2.75) is 56.0 Å². The summed E-state index contributed by atoms with van der Waals surface area (Å²) >= 11 is 5.94.